The molecule has 172 valence electrons. The standard InChI is InChI=1S/C26H35N3O3/c1-2-31-25-6-4-3-5-21(25)7-8-26(30)29-17-11-22(12-18-29)28-19-13-24(14-20-28)32-23-9-15-27-16-10-23/h3-6,9-10,15-16,22,24H,2,7-8,11-14,17-20H2,1H3. The Balaban J connectivity index is 1.18. The van der Waals surface area contributed by atoms with Crippen LogP contribution in [0.4, 0.5) is 0 Å². The van der Waals surface area contributed by atoms with Gasteiger partial charge in [-0.3, -0.25) is 14.7 Å². The van der Waals surface area contributed by atoms with Gasteiger partial charge in [-0.25, -0.2) is 0 Å². The first-order valence-electron chi connectivity index (χ1n) is 12.0. The van der Waals surface area contributed by atoms with Gasteiger partial charge in [-0.2, -0.15) is 0 Å². The summed E-state index contributed by atoms with van der Waals surface area (Å²) in [6.07, 6.45) is 9.37. The molecule has 4 rings (SSSR count). The van der Waals surface area contributed by atoms with Crippen LogP contribution in [0.2, 0.25) is 0 Å². The number of hydrogen-bond donors (Lipinski definition) is 0. The molecule has 0 radical (unpaired) electrons. The molecule has 2 aliphatic rings. The Kier molecular flexibility index (Phi) is 7.99. The number of piperidine rings is 2. The summed E-state index contributed by atoms with van der Waals surface area (Å²) >= 11 is 0. The number of aryl methyl sites for hydroxylation is 1. The first-order valence-corrected chi connectivity index (χ1v) is 12.0. The van der Waals surface area contributed by atoms with Crippen molar-refractivity contribution in [3.63, 3.8) is 0 Å². The Labute approximate surface area is 191 Å². The predicted molar refractivity (Wildman–Crippen MR) is 125 cm³/mol. The second-order valence-corrected chi connectivity index (χ2v) is 8.69. The molecule has 3 heterocycles. The van der Waals surface area contributed by atoms with E-state index in [9.17, 15) is 4.79 Å². The normalized spacial score (nSPS) is 18.5. The van der Waals surface area contributed by atoms with Gasteiger partial charge in [0.2, 0.25) is 5.91 Å². The fourth-order valence-electron chi connectivity index (χ4n) is 4.85. The van der Waals surface area contributed by atoms with Gasteiger partial charge in [0.25, 0.3) is 0 Å². The van der Waals surface area contributed by atoms with Gasteiger partial charge in [-0.05, 0) is 62.8 Å². The fraction of sp³-hybridized carbons (Fsp3) is 0.538. The van der Waals surface area contributed by atoms with E-state index >= 15 is 0 Å². The summed E-state index contributed by atoms with van der Waals surface area (Å²) in [7, 11) is 0. The minimum atomic E-state index is 0.263. The molecule has 0 atom stereocenters. The molecule has 0 bridgehead atoms. The third kappa shape index (κ3) is 6.00. The van der Waals surface area contributed by atoms with Crippen molar-refractivity contribution >= 4 is 5.91 Å². The van der Waals surface area contributed by atoms with Gasteiger partial charge in [0.15, 0.2) is 0 Å². The first-order chi connectivity index (χ1) is 15.7. The lowest BCUT2D eigenvalue weighted by atomic mass is 9.98. The van der Waals surface area contributed by atoms with Crippen molar-refractivity contribution in [3.8, 4) is 11.5 Å². The molecular weight excluding hydrogens is 402 g/mol. The van der Waals surface area contributed by atoms with Gasteiger partial charge >= 0.3 is 0 Å². The van der Waals surface area contributed by atoms with Crippen LogP contribution in [-0.4, -0.2) is 65.6 Å². The van der Waals surface area contributed by atoms with Gasteiger partial charge in [0, 0.05) is 51.0 Å². The average Bonchev–Trinajstić information content (AvgIpc) is 2.85. The number of nitrogens with zero attached hydrogens (tertiary/aromatic N) is 3. The topological polar surface area (TPSA) is 54.9 Å². The lowest BCUT2D eigenvalue weighted by Gasteiger charge is -2.41. The van der Waals surface area contributed by atoms with E-state index in [1.54, 1.807) is 12.4 Å². The SMILES string of the molecule is CCOc1ccccc1CCC(=O)N1CCC(N2CCC(Oc3ccncc3)CC2)CC1. The zero-order valence-electron chi connectivity index (χ0n) is 19.1. The second kappa shape index (κ2) is 11.3. The maximum absolute atomic E-state index is 12.8. The molecule has 0 saturated carbocycles. The summed E-state index contributed by atoms with van der Waals surface area (Å²) in [5.74, 6) is 2.08. The molecule has 2 saturated heterocycles. The maximum Gasteiger partial charge on any atom is 0.222 e. The summed E-state index contributed by atoms with van der Waals surface area (Å²) in [4.78, 5) is 21.5. The predicted octanol–water partition coefficient (Wildman–Crippen LogP) is 3.95. The minimum Gasteiger partial charge on any atom is -0.494 e. The van der Waals surface area contributed by atoms with Crippen molar-refractivity contribution in [2.75, 3.05) is 32.8 Å². The molecule has 1 aromatic carbocycles. The van der Waals surface area contributed by atoms with Crippen molar-refractivity contribution in [1.82, 2.24) is 14.8 Å². The zero-order chi connectivity index (χ0) is 22.2. The van der Waals surface area contributed by atoms with Gasteiger partial charge in [0.05, 0.1) is 6.61 Å². The average molecular weight is 438 g/mol. The quantitative estimate of drug-likeness (QED) is 0.626. The van der Waals surface area contributed by atoms with Crippen LogP contribution in [0.1, 0.15) is 44.6 Å². The zero-order valence-corrected chi connectivity index (χ0v) is 19.1. The number of para-hydroxylation sites is 1. The molecule has 0 unspecified atom stereocenters. The van der Waals surface area contributed by atoms with E-state index < -0.39 is 0 Å². The largest absolute Gasteiger partial charge is 0.494 e. The number of hydrogen-bond acceptors (Lipinski definition) is 5. The first kappa shape index (κ1) is 22.6. The number of pyridine rings is 1. The Morgan fingerprint density at radius 2 is 1.72 bits per heavy atom. The van der Waals surface area contributed by atoms with E-state index in [0.717, 1.165) is 75.3 Å². The molecule has 6 nitrogen and oxygen atoms in total. The van der Waals surface area contributed by atoms with E-state index in [-0.39, 0.29) is 12.0 Å². The summed E-state index contributed by atoms with van der Waals surface area (Å²) in [6.45, 7) is 6.51. The maximum atomic E-state index is 12.8. The van der Waals surface area contributed by atoms with Crippen molar-refractivity contribution < 1.29 is 14.3 Å². The van der Waals surface area contributed by atoms with E-state index in [2.05, 4.69) is 20.9 Å². The smallest absolute Gasteiger partial charge is 0.222 e. The van der Waals surface area contributed by atoms with Crippen LogP contribution in [-0.2, 0) is 11.2 Å². The molecule has 2 aliphatic heterocycles. The number of ether oxygens (including phenoxy) is 2. The Morgan fingerprint density at radius 3 is 2.44 bits per heavy atom. The Hall–Kier alpha value is -2.60. The van der Waals surface area contributed by atoms with Crippen molar-refractivity contribution in [1.29, 1.82) is 0 Å². The van der Waals surface area contributed by atoms with E-state index in [0.29, 0.717) is 19.1 Å². The van der Waals surface area contributed by atoms with Crippen molar-refractivity contribution in [2.45, 2.75) is 57.6 Å². The molecule has 6 heteroatoms. The second-order valence-electron chi connectivity index (χ2n) is 8.69. The lowest BCUT2D eigenvalue weighted by molar-refractivity contribution is -0.132. The fourth-order valence-corrected chi connectivity index (χ4v) is 4.85. The number of likely N-dealkylation sites (tertiary alicyclic amines) is 2. The molecule has 1 amide bonds. The minimum absolute atomic E-state index is 0.263. The van der Waals surface area contributed by atoms with Crippen LogP contribution >= 0.6 is 0 Å². The highest BCUT2D eigenvalue weighted by atomic mass is 16.5. The number of amides is 1. The highest BCUT2D eigenvalue weighted by Crippen LogP contribution is 2.25. The lowest BCUT2D eigenvalue weighted by Crippen LogP contribution is -2.50. The molecule has 0 N–H and O–H groups in total. The van der Waals surface area contributed by atoms with Crippen LogP contribution in [0.15, 0.2) is 48.8 Å². The highest BCUT2D eigenvalue weighted by Gasteiger charge is 2.30. The van der Waals surface area contributed by atoms with Crippen LogP contribution in [0, 0.1) is 0 Å². The van der Waals surface area contributed by atoms with Gasteiger partial charge < -0.3 is 14.4 Å². The van der Waals surface area contributed by atoms with Crippen LogP contribution in [0.25, 0.3) is 0 Å². The van der Waals surface area contributed by atoms with Crippen molar-refractivity contribution in [3.05, 3.63) is 54.4 Å². The molecule has 1 aromatic heterocycles. The van der Waals surface area contributed by atoms with E-state index in [1.165, 1.54) is 0 Å². The highest BCUT2D eigenvalue weighted by molar-refractivity contribution is 5.76. The third-order valence-electron chi connectivity index (χ3n) is 6.64. The summed E-state index contributed by atoms with van der Waals surface area (Å²) < 4.78 is 11.8. The molecule has 0 spiro atoms. The van der Waals surface area contributed by atoms with E-state index in [1.807, 2.05) is 37.3 Å². The van der Waals surface area contributed by atoms with Gasteiger partial charge in [-0.1, -0.05) is 18.2 Å². The molecule has 0 aliphatic carbocycles. The van der Waals surface area contributed by atoms with Gasteiger partial charge in [0.1, 0.15) is 17.6 Å². The summed E-state index contributed by atoms with van der Waals surface area (Å²) in [6, 6.07) is 12.5. The number of aromatic nitrogens is 1. The number of carbonyl (C=O) groups excluding carboxylic acids is 1. The van der Waals surface area contributed by atoms with Crippen LogP contribution < -0.4 is 9.47 Å². The van der Waals surface area contributed by atoms with Crippen LogP contribution in [0.3, 0.4) is 0 Å². The molecule has 2 aromatic rings. The van der Waals surface area contributed by atoms with Gasteiger partial charge in [-0.15, -0.1) is 0 Å². The summed E-state index contributed by atoms with van der Waals surface area (Å²) in [5.41, 5.74) is 1.12. The third-order valence-corrected chi connectivity index (χ3v) is 6.64. The Morgan fingerprint density at radius 1 is 1.00 bits per heavy atom. The number of rotatable bonds is 8. The van der Waals surface area contributed by atoms with Crippen molar-refractivity contribution in [2.24, 2.45) is 0 Å². The molecule has 2 fully saturated rings. The van der Waals surface area contributed by atoms with Crippen LogP contribution in [0.5, 0.6) is 11.5 Å². The number of carbonyl (C=O) groups is 1. The molecular formula is C26H35N3O3. The number of benzene rings is 1. The van der Waals surface area contributed by atoms with E-state index in [4.69, 9.17) is 9.47 Å². The summed E-state index contributed by atoms with van der Waals surface area (Å²) in [5, 5.41) is 0. The Bertz CT molecular complexity index is 844. The monoisotopic (exact) mass is 437 g/mol. The molecule has 32 heavy (non-hydrogen) atoms.